The van der Waals surface area contributed by atoms with Crippen molar-refractivity contribution < 1.29 is 4.79 Å². The Morgan fingerprint density at radius 3 is 2.71 bits per heavy atom. The first-order valence-corrected chi connectivity index (χ1v) is 6.42. The highest BCUT2D eigenvalue weighted by molar-refractivity contribution is 6.31. The summed E-state index contributed by atoms with van der Waals surface area (Å²) in [5, 5.41) is 7.17. The van der Waals surface area contributed by atoms with E-state index in [1.165, 1.54) is 12.8 Å². The molecule has 1 aromatic carbocycles. The second kappa shape index (κ2) is 3.91. The predicted molar refractivity (Wildman–Crippen MR) is 69.5 cm³/mol. The number of nitrogens with one attached hydrogen (secondary N) is 2. The first-order valence-electron chi connectivity index (χ1n) is 6.05. The van der Waals surface area contributed by atoms with E-state index in [4.69, 9.17) is 11.6 Å². The van der Waals surface area contributed by atoms with Crippen LogP contribution in [0, 0.1) is 0 Å². The van der Waals surface area contributed by atoms with Gasteiger partial charge in [0, 0.05) is 17.0 Å². The highest BCUT2D eigenvalue weighted by Gasteiger charge is 2.38. The van der Waals surface area contributed by atoms with Gasteiger partial charge < -0.3 is 10.6 Å². The standard InChI is InChI=1S/C13H15ClN2O/c14-9-3-4-10-11(7-9)16-13(5-1-2-6-13)8-12(17)15-10/h3-4,7,16H,1-2,5-6,8H2,(H,15,17). The number of hydrogen-bond donors (Lipinski definition) is 2. The Labute approximate surface area is 106 Å². The van der Waals surface area contributed by atoms with Crippen LogP contribution in [0.25, 0.3) is 0 Å². The molecule has 3 rings (SSSR count). The Morgan fingerprint density at radius 2 is 1.94 bits per heavy atom. The molecule has 0 unspecified atom stereocenters. The fourth-order valence-corrected chi connectivity index (χ4v) is 3.09. The molecule has 1 amide bonds. The van der Waals surface area contributed by atoms with Crippen LogP contribution in [0.15, 0.2) is 18.2 Å². The normalized spacial score (nSPS) is 21.6. The number of benzene rings is 1. The average Bonchev–Trinajstić information content (AvgIpc) is 2.64. The van der Waals surface area contributed by atoms with Crippen LogP contribution >= 0.6 is 11.6 Å². The summed E-state index contributed by atoms with van der Waals surface area (Å²) in [6.07, 6.45) is 5.06. The van der Waals surface area contributed by atoms with Gasteiger partial charge in [-0.2, -0.15) is 0 Å². The number of rotatable bonds is 0. The number of fused-ring (bicyclic) bond motifs is 1. The number of carbonyl (C=O) groups excluding carboxylic acids is 1. The zero-order valence-electron chi connectivity index (χ0n) is 9.55. The van der Waals surface area contributed by atoms with Crippen LogP contribution in [-0.2, 0) is 4.79 Å². The van der Waals surface area contributed by atoms with Gasteiger partial charge in [0.25, 0.3) is 0 Å². The maximum atomic E-state index is 11.9. The third-order valence-electron chi connectivity index (χ3n) is 3.72. The molecule has 1 heterocycles. The fraction of sp³-hybridized carbons (Fsp3) is 0.462. The lowest BCUT2D eigenvalue weighted by molar-refractivity contribution is -0.117. The molecule has 1 fully saturated rings. The lowest BCUT2D eigenvalue weighted by atomic mass is 9.93. The molecule has 0 atom stereocenters. The van der Waals surface area contributed by atoms with E-state index in [-0.39, 0.29) is 11.4 Å². The first kappa shape index (κ1) is 10.9. The maximum absolute atomic E-state index is 11.9. The highest BCUT2D eigenvalue weighted by Crippen LogP contribution is 2.40. The first-order chi connectivity index (χ1) is 8.17. The molecular weight excluding hydrogens is 236 g/mol. The molecule has 0 aromatic heterocycles. The van der Waals surface area contributed by atoms with Gasteiger partial charge in [0.05, 0.1) is 11.4 Å². The van der Waals surface area contributed by atoms with Gasteiger partial charge in [-0.3, -0.25) is 4.79 Å². The third-order valence-corrected chi connectivity index (χ3v) is 3.95. The molecule has 0 radical (unpaired) electrons. The van der Waals surface area contributed by atoms with E-state index in [1.54, 1.807) is 6.07 Å². The van der Waals surface area contributed by atoms with E-state index in [0.29, 0.717) is 11.4 Å². The summed E-state index contributed by atoms with van der Waals surface area (Å²) in [5.74, 6) is 0.0977. The Balaban J connectivity index is 2.02. The minimum absolute atomic E-state index is 0.0555. The lowest BCUT2D eigenvalue weighted by Crippen LogP contribution is -2.36. The summed E-state index contributed by atoms with van der Waals surface area (Å²) in [7, 11) is 0. The summed E-state index contributed by atoms with van der Waals surface area (Å²) < 4.78 is 0. The van der Waals surface area contributed by atoms with Crippen molar-refractivity contribution in [2.75, 3.05) is 10.6 Å². The van der Waals surface area contributed by atoms with Gasteiger partial charge in [-0.15, -0.1) is 0 Å². The van der Waals surface area contributed by atoms with Crippen LogP contribution < -0.4 is 10.6 Å². The zero-order valence-corrected chi connectivity index (χ0v) is 10.3. The van der Waals surface area contributed by atoms with Crippen molar-refractivity contribution >= 4 is 28.9 Å². The zero-order chi connectivity index (χ0) is 11.9. The molecule has 1 aliphatic heterocycles. The summed E-state index contributed by atoms with van der Waals surface area (Å²) >= 11 is 6.01. The molecule has 2 aliphatic rings. The van der Waals surface area contributed by atoms with Crippen molar-refractivity contribution in [3.05, 3.63) is 23.2 Å². The van der Waals surface area contributed by atoms with Crippen molar-refractivity contribution in [1.29, 1.82) is 0 Å². The van der Waals surface area contributed by atoms with Crippen molar-refractivity contribution in [2.45, 2.75) is 37.6 Å². The van der Waals surface area contributed by atoms with Crippen LogP contribution in [0.2, 0.25) is 5.02 Å². The third kappa shape index (κ3) is 2.00. The van der Waals surface area contributed by atoms with E-state index in [0.717, 1.165) is 24.2 Å². The SMILES string of the molecule is O=C1CC2(CCCC2)Nc2cc(Cl)ccc2N1. The number of carbonyl (C=O) groups is 1. The highest BCUT2D eigenvalue weighted by atomic mass is 35.5. The number of amides is 1. The molecule has 0 saturated heterocycles. The number of halogens is 1. The Kier molecular flexibility index (Phi) is 2.51. The summed E-state index contributed by atoms with van der Waals surface area (Å²) in [6.45, 7) is 0. The van der Waals surface area contributed by atoms with Crippen molar-refractivity contribution in [3.63, 3.8) is 0 Å². The molecule has 4 heteroatoms. The largest absolute Gasteiger partial charge is 0.377 e. The van der Waals surface area contributed by atoms with Crippen molar-refractivity contribution in [3.8, 4) is 0 Å². The Bertz CT molecular complexity index is 466. The predicted octanol–water partition coefficient (Wildman–Crippen LogP) is 3.41. The monoisotopic (exact) mass is 250 g/mol. The topological polar surface area (TPSA) is 41.1 Å². The van der Waals surface area contributed by atoms with Crippen LogP contribution in [-0.4, -0.2) is 11.4 Å². The van der Waals surface area contributed by atoms with Gasteiger partial charge in [-0.05, 0) is 31.0 Å². The molecule has 90 valence electrons. The average molecular weight is 251 g/mol. The van der Waals surface area contributed by atoms with E-state index in [1.807, 2.05) is 12.1 Å². The van der Waals surface area contributed by atoms with Crippen LogP contribution in [0.4, 0.5) is 11.4 Å². The molecule has 2 N–H and O–H groups in total. The second-order valence-corrected chi connectivity index (χ2v) is 5.46. The molecular formula is C13H15ClN2O. The Morgan fingerprint density at radius 1 is 1.18 bits per heavy atom. The molecule has 3 nitrogen and oxygen atoms in total. The minimum atomic E-state index is -0.0555. The second-order valence-electron chi connectivity index (χ2n) is 5.03. The van der Waals surface area contributed by atoms with Gasteiger partial charge >= 0.3 is 0 Å². The summed E-state index contributed by atoms with van der Waals surface area (Å²) in [5.41, 5.74) is 1.73. The minimum Gasteiger partial charge on any atom is -0.377 e. The van der Waals surface area contributed by atoms with E-state index in [9.17, 15) is 4.79 Å². The van der Waals surface area contributed by atoms with Gasteiger partial charge in [0.2, 0.25) is 5.91 Å². The van der Waals surface area contributed by atoms with Gasteiger partial charge in [0.15, 0.2) is 0 Å². The molecule has 1 saturated carbocycles. The fourth-order valence-electron chi connectivity index (χ4n) is 2.91. The molecule has 1 aromatic rings. The van der Waals surface area contributed by atoms with Crippen molar-refractivity contribution in [2.24, 2.45) is 0 Å². The summed E-state index contributed by atoms with van der Waals surface area (Å²) in [6, 6.07) is 5.55. The number of hydrogen-bond acceptors (Lipinski definition) is 2. The number of anilines is 2. The van der Waals surface area contributed by atoms with E-state index >= 15 is 0 Å². The van der Waals surface area contributed by atoms with Gasteiger partial charge in [-0.25, -0.2) is 0 Å². The quantitative estimate of drug-likeness (QED) is 0.741. The van der Waals surface area contributed by atoms with E-state index in [2.05, 4.69) is 10.6 Å². The Hall–Kier alpha value is -1.22. The van der Waals surface area contributed by atoms with E-state index < -0.39 is 0 Å². The summed E-state index contributed by atoms with van der Waals surface area (Å²) in [4.78, 5) is 11.9. The van der Waals surface area contributed by atoms with Crippen molar-refractivity contribution in [1.82, 2.24) is 0 Å². The molecule has 1 spiro atoms. The lowest BCUT2D eigenvalue weighted by Gasteiger charge is -2.28. The molecule has 1 aliphatic carbocycles. The van der Waals surface area contributed by atoms with Crippen LogP contribution in [0.5, 0.6) is 0 Å². The van der Waals surface area contributed by atoms with Gasteiger partial charge in [0.1, 0.15) is 0 Å². The smallest absolute Gasteiger partial charge is 0.226 e. The molecule has 17 heavy (non-hydrogen) atoms. The van der Waals surface area contributed by atoms with Crippen LogP contribution in [0.3, 0.4) is 0 Å². The van der Waals surface area contributed by atoms with Crippen LogP contribution in [0.1, 0.15) is 32.1 Å². The van der Waals surface area contributed by atoms with Gasteiger partial charge in [-0.1, -0.05) is 24.4 Å². The molecule has 0 bridgehead atoms. The maximum Gasteiger partial charge on any atom is 0.226 e.